The summed E-state index contributed by atoms with van der Waals surface area (Å²) in [6, 6.07) is 15.0. The molecular weight excluding hydrogens is 291 g/mol. The first-order valence-electron chi connectivity index (χ1n) is 6.25. The van der Waals surface area contributed by atoms with Crippen LogP contribution < -0.4 is 0 Å². The van der Waals surface area contributed by atoms with E-state index in [2.05, 4.69) is 0 Å². The molecule has 3 heteroatoms. The Balaban J connectivity index is 2.47. The third-order valence-electron chi connectivity index (χ3n) is 3.51. The molecule has 0 heterocycles. The zero-order valence-corrected chi connectivity index (χ0v) is 12.3. The van der Waals surface area contributed by atoms with Crippen LogP contribution in [0.25, 0.3) is 21.9 Å². The monoisotopic (exact) mass is 302 g/mol. The summed E-state index contributed by atoms with van der Waals surface area (Å²) < 4.78 is 0. The van der Waals surface area contributed by atoms with Crippen LogP contribution >= 0.6 is 23.2 Å². The van der Waals surface area contributed by atoms with Crippen LogP contribution in [0.3, 0.4) is 0 Å². The maximum atomic E-state index is 10.3. The summed E-state index contributed by atoms with van der Waals surface area (Å²) in [5, 5.41) is 13.5. The van der Waals surface area contributed by atoms with E-state index < -0.39 is 0 Å². The van der Waals surface area contributed by atoms with E-state index in [9.17, 15) is 5.11 Å². The summed E-state index contributed by atoms with van der Waals surface area (Å²) in [6.07, 6.45) is 0. The fourth-order valence-electron chi connectivity index (χ4n) is 2.48. The molecular formula is C17H12Cl2O. The van der Waals surface area contributed by atoms with Gasteiger partial charge in [-0.15, -0.1) is 0 Å². The normalized spacial score (nSPS) is 10.9. The van der Waals surface area contributed by atoms with Gasteiger partial charge in [-0.2, -0.15) is 0 Å². The van der Waals surface area contributed by atoms with Crippen LogP contribution in [-0.2, 0) is 0 Å². The van der Waals surface area contributed by atoms with Crippen molar-refractivity contribution in [2.75, 3.05) is 0 Å². The van der Waals surface area contributed by atoms with Gasteiger partial charge in [0.2, 0.25) is 0 Å². The average molecular weight is 303 g/mol. The van der Waals surface area contributed by atoms with Gasteiger partial charge in [0, 0.05) is 21.2 Å². The molecule has 0 spiro atoms. The fraction of sp³-hybridized carbons (Fsp3) is 0.0588. The Bertz CT molecular complexity index is 809. The molecule has 1 N–H and O–H groups in total. The van der Waals surface area contributed by atoms with Crippen LogP contribution in [-0.4, -0.2) is 5.11 Å². The fourth-order valence-corrected chi connectivity index (χ4v) is 2.94. The second-order valence-corrected chi connectivity index (χ2v) is 5.52. The zero-order valence-electron chi connectivity index (χ0n) is 10.8. The number of rotatable bonds is 1. The van der Waals surface area contributed by atoms with Crippen LogP contribution in [0.15, 0.2) is 48.5 Å². The number of benzene rings is 3. The highest BCUT2D eigenvalue weighted by Crippen LogP contribution is 2.43. The molecule has 0 atom stereocenters. The minimum atomic E-state index is 0.205. The van der Waals surface area contributed by atoms with Crippen molar-refractivity contribution in [2.45, 2.75) is 6.92 Å². The van der Waals surface area contributed by atoms with Gasteiger partial charge in [0.05, 0.1) is 0 Å². The standard InChI is InChI=1S/C17H12Cl2O/c1-10-13(18)7-8-14(19)16(10)17-12-5-3-2-4-11(12)6-9-15(17)20/h2-9,20H,1H3. The molecule has 0 aromatic heterocycles. The van der Waals surface area contributed by atoms with Gasteiger partial charge in [-0.3, -0.25) is 0 Å². The Morgan fingerprint density at radius 1 is 0.800 bits per heavy atom. The summed E-state index contributed by atoms with van der Waals surface area (Å²) in [4.78, 5) is 0. The van der Waals surface area contributed by atoms with E-state index in [4.69, 9.17) is 23.2 Å². The summed E-state index contributed by atoms with van der Waals surface area (Å²) >= 11 is 12.5. The number of halogens is 2. The van der Waals surface area contributed by atoms with Crippen molar-refractivity contribution in [3.8, 4) is 16.9 Å². The molecule has 0 amide bonds. The van der Waals surface area contributed by atoms with Gasteiger partial charge in [0.1, 0.15) is 5.75 Å². The SMILES string of the molecule is Cc1c(Cl)ccc(Cl)c1-c1c(O)ccc2ccccc12. The molecule has 100 valence electrons. The lowest BCUT2D eigenvalue weighted by atomic mass is 9.94. The van der Waals surface area contributed by atoms with E-state index in [1.807, 2.05) is 37.3 Å². The Kier molecular flexibility index (Phi) is 3.33. The predicted octanol–water partition coefficient (Wildman–Crippen LogP) is 5.83. The van der Waals surface area contributed by atoms with Gasteiger partial charge in [-0.25, -0.2) is 0 Å². The number of phenols is 1. The first-order chi connectivity index (χ1) is 9.59. The minimum Gasteiger partial charge on any atom is -0.507 e. The molecule has 0 fully saturated rings. The number of hydrogen-bond acceptors (Lipinski definition) is 1. The molecule has 20 heavy (non-hydrogen) atoms. The van der Waals surface area contributed by atoms with Gasteiger partial charge in [0.25, 0.3) is 0 Å². The molecule has 0 aliphatic heterocycles. The maximum Gasteiger partial charge on any atom is 0.124 e. The van der Waals surface area contributed by atoms with Crippen molar-refractivity contribution in [2.24, 2.45) is 0 Å². The van der Waals surface area contributed by atoms with Crippen molar-refractivity contribution in [1.82, 2.24) is 0 Å². The lowest BCUT2D eigenvalue weighted by Gasteiger charge is -2.14. The van der Waals surface area contributed by atoms with Crippen molar-refractivity contribution >= 4 is 34.0 Å². The van der Waals surface area contributed by atoms with E-state index in [1.54, 1.807) is 18.2 Å². The number of aromatic hydroxyl groups is 1. The Morgan fingerprint density at radius 2 is 1.50 bits per heavy atom. The smallest absolute Gasteiger partial charge is 0.124 e. The van der Waals surface area contributed by atoms with Gasteiger partial charge in [-0.1, -0.05) is 53.5 Å². The Labute approximate surface area is 127 Å². The van der Waals surface area contributed by atoms with Crippen molar-refractivity contribution < 1.29 is 5.11 Å². The Hall–Kier alpha value is -1.70. The van der Waals surface area contributed by atoms with Gasteiger partial charge >= 0.3 is 0 Å². The van der Waals surface area contributed by atoms with E-state index in [-0.39, 0.29) is 5.75 Å². The Morgan fingerprint density at radius 3 is 2.30 bits per heavy atom. The summed E-state index contributed by atoms with van der Waals surface area (Å²) in [6.45, 7) is 1.91. The van der Waals surface area contributed by atoms with Crippen molar-refractivity contribution in [3.63, 3.8) is 0 Å². The van der Waals surface area contributed by atoms with Crippen LogP contribution in [0.4, 0.5) is 0 Å². The number of phenolic OH excluding ortho intramolecular Hbond substituents is 1. The van der Waals surface area contributed by atoms with E-state index >= 15 is 0 Å². The third-order valence-corrected chi connectivity index (χ3v) is 4.23. The molecule has 0 aliphatic carbocycles. The largest absolute Gasteiger partial charge is 0.507 e. The first kappa shape index (κ1) is 13.3. The van der Waals surface area contributed by atoms with Crippen LogP contribution in [0.1, 0.15) is 5.56 Å². The zero-order chi connectivity index (χ0) is 14.3. The second kappa shape index (κ2) is 5.01. The summed E-state index contributed by atoms with van der Waals surface area (Å²) in [5.41, 5.74) is 2.38. The first-order valence-corrected chi connectivity index (χ1v) is 7.01. The lowest BCUT2D eigenvalue weighted by molar-refractivity contribution is 0.478. The molecule has 0 unspecified atom stereocenters. The maximum absolute atomic E-state index is 10.3. The summed E-state index contributed by atoms with van der Waals surface area (Å²) in [5.74, 6) is 0.205. The van der Waals surface area contributed by atoms with E-state index in [0.717, 1.165) is 27.5 Å². The molecule has 3 aromatic rings. The highest BCUT2D eigenvalue weighted by molar-refractivity contribution is 6.36. The van der Waals surface area contributed by atoms with Crippen LogP contribution in [0, 0.1) is 6.92 Å². The second-order valence-electron chi connectivity index (χ2n) is 4.71. The van der Waals surface area contributed by atoms with Gasteiger partial charge in [-0.05, 0) is 41.5 Å². The molecule has 0 aliphatic rings. The lowest BCUT2D eigenvalue weighted by Crippen LogP contribution is -1.89. The van der Waals surface area contributed by atoms with Gasteiger partial charge in [0.15, 0.2) is 0 Å². The molecule has 0 saturated carbocycles. The van der Waals surface area contributed by atoms with Crippen LogP contribution in [0.2, 0.25) is 10.0 Å². The molecule has 0 bridgehead atoms. The quantitative estimate of drug-likeness (QED) is 0.600. The highest BCUT2D eigenvalue weighted by Gasteiger charge is 2.16. The van der Waals surface area contributed by atoms with Crippen molar-refractivity contribution in [3.05, 3.63) is 64.1 Å². The predicted molar refractivity (Wildman–Crippen MR) is 85.8 cm³/mol. The molecule has 3 rings (SSSR count). The molecule has 1 nitrogen and oxygen atoms in total. The molecule has 0 radical (unpaired) electrons. The average Bonchev–Trinajstić information content (AvgIpc) is 2.45. The number of fused-ring (bicyclic) bond motifs is 1. The van der Waals surface area contributed by atoms with Crippen LogP contribution in [0.5, 0.6) is 5.75 Å². The number of hydrogen-bond donors (Lipinski definition) is 1. The minimum absolute atomic E-state index is 0.205. The van der Waals surface area contributed by atoms with E-state index in [1.165, 1.54) is 0 Å². The molecule has 3 aromatic carbocycles. The highest BCUT2D eigenvalue weighted by atomic mass is 35.5. The van der Waals surface area contributed by atoms with Crippen molar-refractivity contribution in [1.29, 1.82) is 0 Å². The van der Waals surface area contributed by atoms with Gasteiger partial charge < -0.3 is 5.11 Å². The topological polar surface area (TPSA) is 20.2 Å². The summed E-state index contributed by atoms with van der Waals surface area (Å²) in [7, 11) is 0. The third kappa shape index (κ3) is 2.04. The molecule has 0 saturated heterocycles. The van der Waals surface area contributed by atoms with E-state index in [0.29, 0.717) is 10.0 Å².